The first-order valence-electron chi connectivity index (χ1n) is 10.3. The lowest BCUT2D eigenvalue weighted by Gasteiger charge is -2.48. The summed E-state index contributed by atoms with van der Waals surface area (Å²) in [5, 5.41) is 0.00821. The molecule has 0 bridgehead atoms. The summed E-state index contributed by atoms with van der Waals surface area (Å²) in [6.45, 7) is 10.9. The SMILES string of the molecule is CC(C)(C)[Si](C)(C)O[C@@H]1C[C@H]2O[C@H]2[C@@H](OC(=O)c2ccccc2)[C@@]12CCC(=O)O2. The summed E-state index contributed by atoms with van der Waals surface area (Å²) in [5.74, 6) is -0.700. The number of esters is 2. The van der Waals surface area contributed by atoms with E-state index in [0.29, 0.717) is 24.8 Å². The Labute approximate surface area is 173 Å². The third-order valence-corrected chi connectivity index (χ3v) is 11.4. The molecule has 3 aliphatic rings. The molecule has 2 heterocycles. The van der Waals surface area contributed by atoms with E-state index in [-0.39, 0.29) is 29.3 Å². The second kappa shape index (κ2) is 6.92. The van der Waals surface area contributed by atoms with E-state index in [9.17, 15) is 9.59 Å². The third kappa shape index (κ3) is 3.64. The Kier molecular flexibility index (Phi) is 4.91. The van der Waals surface area contributed by atoms with Crippen molar-refractivity contribution in [1.29, 1.82) is 0 Å². The maximum absolute atomic E-state index is 12.8. The van der Waals surface area contributed by atoms with Gasteiger partial charge in [0, 0.05) is 19.3 Å². The summed E-state index contributed by atoms with van der Waals surface area (Å²) >= 11 is 0. The topological polar surface area (TPSA) is 74.4 Å². The van der Waals surface area contributed by atoms with Crippen LogP contribution in [0, 0.1) is 0 Å². The van der Waals surface area contributed by atoms with Crippen LogP contribution in [0.4, 0.5) is 0 Å². The molecule has 0 aromatic heterocycles. The normalized spacial score (nSPS) is 33.9. The first-order valence-corrected chi connectivity index (χ1v) is 13.3. The van der Waals surface area contributed by atoms with Gasteiger partial charge in [-0.15, -0.1) is 0 Å². The molecular weight excluding hydrogens is 388 g/mol. The molecule has 4 rings (SSSR count). The van der Waals surface area contributed by atoms with Gasteiger partial charge in [-0.1, -0.05) is 39.0 Å². The number of benzene rings is 1. The van der Waals surface area contributed by atoms with Gasteiger partial charge in [0.15, 0.2) is 20.0 Å². The zero-order valence-corrected chi connectivity index (χ0v) is 18.8. The van der Waals surface area contributed by atoms with E-state index in [0.717, 1.165) is 0 Å². The number of carbonyl (C=O) groups excluding carboxylic acids is 2. The highest BCUT2D eigenvalue weighted by Crippen LogP contribution is 2.52. The van der Waals surface area contributed by atoms with Gasteiger partial charge in [0.2, 0.25) is 0 Å². The minimum absolute atomic E-state index is 0.00821. The fraction of sp³-hybridized carbons (Fsp3) is 0.636. The van der Waals surface area contributed by atoms with Gasteiger partial charge in [0.25, 0.3) is 0 Å². The second-order valence-electron chi connectivity index (χ2n) is 9.86. The number of fused-ring (bicyclic) bond motifs is 1. The summed E-state index contributed by atoms with van der Waals surface area (Å²) in [4.78, 5) is 25.0. The summed E-state index contributed by atoms with van der Waals surface area (Å²) in [6, 6.07) is 8.87. The summed E-state index contributed by atoms with van der Waals surface area (Å²) in [6.07, 6.45) is 0.168. The molecular formula is C22H30O6Si. The van der Waals surface area contributed by atoms with E-state index < -0.39 is 26.0 Å². The molecule has 3 fully saturated rings. The van der Waals surface area contributed by atoms with Gasteiger partial charge in [-0.25, -0.2) is 4.79 Å². The molecule has 1 aromatic carbocycles. The Morgan fingerprint density at radius 1 is 1.21 bits per heavy atom. The lowest BCUT2D eigenvalue weighted by Crippen LogP contribution is -2.63. The molecule has 2 aliphatic heterocycles. The second-order valence-corrected chi connectivity index (χ2v) is 14.6. The van der Waals surface area contributed by atoms with Gasteiger partial charge in [-0.3, -0.25) is 4.79 Å². The summed E-state index contributed by atoms with van der Waals surface area (Å²) < 4.78 is 24.4. The molecule has 2 saturated heterocycles. The maximum atomic E-state index is 12.8. The van der Waals surface area contributed by atoms with Crippen LogP contribution < -0.4 is 0 Å². The van der Waals surface area contributed by atoms with Gasteiger partial charge in [0.1, 0.15) is 6.10 Å². The third-order valence-electron chi connectivity index (χ3n) is 6.90. The van der Waals surface area contributed by atoms with E-state index >= 15 is 0 Å². The van der Waals surface area contributed by atoms with Crippen molar-refractivity contribution in [1.82, 2.24) is 0 Å². The van der Waals surface area contributed by atoms with E-state index in [1.165, 1.54) is 0 Å². The molecule has 29 heavy (non-hydrogen) atoms. The predicted octanol–water partition coefficient (Wildman–Crippen LogP) is 3.85. The van der Waals surface area contributed by atoms with Crippen molar-refractivity contribution in [2.24, 2.45) is 0 Å². The quantitative estimate of drug-likeness (QED) is 0.420. The summed E-state index contributed by atoms with van der Waals surface area (Å²) in [5.41, 5.74) is -0.508. The molecule has 5 atom stereocenters. The Balaban J connectivity index is 1.64. The van der Waals surface area contributed by atoms with Gasteiger partial charge >= 0.3 is 11.9 Å². The monoisotopic (exact) mass is 418 g/mol. The minimum atomic E-state index is -2.14. The molecule has 0 radical (unpaired) electrons. The fourth-order valence-corrected chi connectivity index (χ4v) is 5.49. The van der Waals surface area contributed by atoms with Crippen LogP contribution >= 0.6 is 0 Å². The molecule has 7 heteroatoms. The number of hydrogen-bond donors (Lipinski definition) is 0. The molecule has 158 valence electrons. The molecule has 1 aromatic rings. The van der Waals surface area contributed by atoms with Crippen LogP contribution in [0.3, 0.4) is 0 Å². The van der Waals surface area contributed by atoms with Crippen LogP contribution in [0.5, 0.6) is 0 Å². The zero-order chi connectivity index (χ0) is 21.0. The van der Waals surface area contributed by atoms with Gasteiger partial charge in [-0.05, 0) is 30.3 Å². The van der Waals surface area contributed by atoms with Crippen molar-refractivity contribution in [2.45, 2.75) is 88.2 Å². The van der Waals surface area contributed by atoms with Crippen LogP contribution in [-0.2, 0) is 23.4 Å². The maximum Gasteiger partial charge on any atom is 0.338 e. The highest BCUT2D eigenvalue weighted by Gasteiger charge is 2.69. The van der Waals surface area contributed by atoms with Gasteiger partial charge in [0.05, 0.1) is 17.8 Å². The average molecular weight is 419 g/mol. The minimum Gasteiger partial charge on any atom is -0.452 e. The van der Waals surface area contributed by atoms with E-state index in [2.05, 4.69) is 33.9 Å². The molecule has 1 aliphatic carbocycles. The van der Waals surface area contributed by atoms with Crippen LogP contribution in [-0.4, -0.2) is 50.3 Å². The number of ether oxygens (including phenoxy) is 3. The van der Waals surface area contributed by atoms with Crippen molar-refractivity contribution >= 4 is 20.3 Å². The first kappa shape index (κ1) is 20.6. The molecule has 1 saturated carbocycles. The van der Waals surface area contributed by atoms with Crippen molar-refractivity contribution in [3.05, 3.63) is 35.9 Å². The standard InChI is InChI=1S/C22H30O6Si/c1-21(2,3)29(4,5)28-16-13-15-18(25-15)19(22(16)12-11-17(23)27-22)26-20(24)14-9-7-6-8-10-14/h6-10,15-16,18-19H,11-13H2,1-5H3/t15-,16-,18-,19-,22-/m1/s1. The first-order chi connectivity index (χ1) is 13.5. The Hall–Kier alpha value is -1.70. The number of hydrogen-bond acceptors (Lipinski definition) is 6. The molecule has 6 nitrogen and oxygen atoms in total. The van der Waals surface area contributed by atoms with Crippen molar-refractivity contribution in [3.63, 3.8) is 0 Å². The van der Waals surface area contributed by atoms with Gasteiger partial charge < -0.3 is 18.6 Å². The zero-order valence-electron chi connectivity index (χ0n) is 17.8. The lowest BCUT2D eigenvalue weighted by atomic mass is 9.77. The van der Waals surface area contributed by atoms with Crippen LogP contribution in [0.25, 0.3) is 0 Å². The van der Waals surface area contributed by atoms with Crippen molar-refractivity contribution < 1.29 is 28.2 Å². The fourth-order valence-electron chi connectivity index (χ4n) is 4.13. The Morgan fingerprint density at radius 2 is 1.90 bits per heavy atom. The number of epoxide rings is 1. The Morgan fingerprint density at radius 3 is 2.48 bits per heavy atom. The molecule has 0 unspecified atom stereocenters. The molecule has 0 N–H and O–H groups in total. The van der Waals surface area contributed by atoms with Crippen LogP contribution in [0.1, 0.15) is 50.4 Å². The number of carbonyl (C=O) groups is 2. The smallest absolute Gasteiger partial charge is 0.338 e. The highest BCUT2D eigenvalue weighted by atomic mass is 28.4. The Bertz CT molecular complexity index is 801. The van der Waals surface area contributed by atoms with E-state index in [4.69, 9.17) is 18.6 Å². The summed E-state index contributed by atoms with van der Waals surface area (Å²) in [7, 11) is -2.14. The van der Waals surface area contributed by atoms with Crippen molar-refractivity contribution in [2.75, 3.05) is 0 Å². The van der Waals surface area contributed by atoms with E-state index in [1.54, 1.807) is 24.3 Å². The van der Waals surface area contributed by atoms with Crippen LogP contribution in [0.15, 0.2) is 30.3 Å². The largest absolute Gasteiger partial charge is 0.452 e. The average Bonchev–Trinajstić information content (AvgIpc) is 3.31. The molecule has 1 spiro atoms. The van der Waals surface area contributed by atoms with Gasteiger partial charge in [-0.2, -0.15) is 0 Å². The van der Waals surface area contributed by atoms with Crippen molar-refractivity contribution in [3.8, 4) is 0 Å². The van der Waals surface area contributed by atoms with E-state index in [1.807, 2.05) is 6.07 Å². The predicted molar refractivity (Wildman–Crippen MR) is 109 cm³/mol. The number of rotatable bonds is 4. The lowest BCUT2D eigenvalue weighted by molar-refractivity contribution is -0.183. The van der Waals surface area contributed by atoms with Crippen LogP contribution in [0.2, 0.25) is 18.1 Å². The highest BCUT2D eigenvalue weighted by molar-refractivity contribution is 6.74. The molecule has 0 amide bonds.